The van der Waals surface area contributed by atoms with Crippen LogP contribution >= 0.6 is 11.3 Å². The van der Waals surface area contributed by atoms with Crippen LogP contribution in [-0.2, 0) is 16.9 Å². The zero-order valence-electron chi connectivity index (χ0n) is 10.6. The first-order valence-electron chi connectivity index (χ1n) is 6.59. The summed E-state index contributed by atoms with van der Waals surface area (Å²) >= 11 is 1.71. The maximum absolute atomic E-state index is 6.10. The van der Waals surface area contributed by atoms with Crippen LogP contribution in [0.3, 0.4) is 0 Å². The lowest BCUT2D eigenvalue weighted by Gasteiger charge is -2.30. The molecule has 17 heavy (non-hydrogen) atoms. The average Bonchev–Trinajstić information content (AvgIpc) is 2.71. The third-order valence-corrected chi connectivity index (χ3v) is 4.56. The number of nitrogens with zero attached hydrogens (tertiary/aromatic N) is 1. The molecule has 0 atom stereocenters. The van der Waals surface area contributed by atoms with E-state index in [0.29, 0.717) is 6.54 Å². The van der Waals surface area contributed by atoms with E-state index >= 15 is 0 Å². The van der Waals surface area contributed by atoms with E-state index in [-0.39, 0.29) is 5.60 Å². The van der Waals surface area contributed by atoms with Crippen molar-refractivity contribution >= 4 is 11.3 Å². The Morgan fingerprint density at radius 2 is 2.06 bits per heavy atom. The minimum atomic E-state index is -0.122. The van der Waals surface area contributed by atoms with Crippen LogP contribution in [-0.4, -0.2) is 11.6 Å². The summed E-state index contributed by atoms with van der Waals surface area (Å²) in [4.78, 5) is 4.65. The molecular weight excluding hydrogens is 232 g/mol. The van der Waals surface area contributed by atoms with Gasteiger partial charge in [0.05, 0.1) is 5.69 Å². The second kappa shape index (κ2) is 5.94. The lowest BCUT2D eigenvalue weighted by Crippen LogP contribution is -2.29. The van der Waals surface area contributed by atoms with Crippen molar-refractivity contribution < 1.29 is 4.74 Å². The second-order valence-electron chi connectivity index (χ2n) is 4.69. The van der Waals surface area contributed by atoms with Crippen molar-refractivity contribution in [1.82, 2.24) is 4.98 Å². The first-order chi connectivity index (χ1) is 8.30. The van der Waals surface area contributed by atoms with Crippen LogP contribution in [0.15, 0.2) is 5.38 Å². The van der Waals surface area contributed by atoms with Crippen LogP contribution < -0.4 is 5.73 Å². The Bertz CT molecular complexity index is 343. The molecule has 1 aliphatic rings. The molecule has 0 saturated heterocycles. The highest BCUT2D eigenvalue weighted by atomic mass is 32.1. The molecule has 2 rings (SSSR count). The summed E-state index contributed by atoms with van der Waals surface area (Å²) in [5.74, 6) is 0. The van der Waals surface area contributed by atoms with Crippen LogP contribution in [0.2, 0.25) is 0 Å². The molecule has 1 heterocycles. The predicted molar refractivity (Wildman–Crippen MR) is 71.0 cm³/mol. The van der Waals surface area contributed by atoms with Gasteiger partial charge in [0.2, 0.25) is 0 Å². The molecule has 1 aliphatic carbocycles. The Labute approximate surface area is 107 Å². The standard InChI is InChI=1S/C13H22N2OS/c1-2-16-13(7-5-3-4-6-8-13)12-15-11(9-14)10-17-12/h10H,2-9,14H2,1H3. The fourth-order valence-corrected chi connectivity index (χ4v) is 3.65. The highest BCUT2D eigenvalue weighted by Gasteiger charge is 2.36. The maximum Gasteiger partial charge on any atom is 0.125 e. The van der Waals surface area contributed by atoms with Crippen LogP contribution in [0.5, 0.6) is 0 Å². The molecule has 0 unspecified atom stereocenters. The summed E-state index contributed by atoms with van der Waals surface area (Å²) in [6.07, 6.45) is 7.36. The number of thiazole rings is 1. The van der Waals surface area contributed by atoms with Gasteiger partial charge in [-0.05, 0) is 19.8 Å². The fourth-order valence-electron chi connectivity index (χ4n) is 2.61. The molecule has 1 fully saturated rings. The first-order valence-corrected chi connectivity index (χ1v) is 7.47. The third-order valence-electron chi connectivity index (χ3n) is 3.48. The summed E-state index contributed by atoms with van der Waals surface area (Å²) in [5, 5.41) is 3.21. The van der Waals surface area contributed by atoms with Gasteiger partial charge in [-0.25, -0.2) is 4.98 Å². The number of hydrogen-bond acceptors (Lipinski definition) is 4. The van der Waals surface area contributed by atoms with Crippen LogP contribution in [0.25, 0.3) is 0 Å². The normalized spacial score (nSPS) is 20.1. The van der Waals surface area contributed by atoms with Crippen molar-refractivity contribution in [2.75, 3.05) is 6.61 Å². The lowest BCUT2D eigenvalue weighted by molar-refractivity contribution is -0.0560. The molecule has 4 heteroatoms. The third kappa shape index (κ3) is 2.87. The molecule has 3 nitrogen and oxygen atoms in total. The van der Waals surface area contributed by atoms with E-state index in [4.69, 9.17) is 10.5 Å². The second-order valence-corrected chi connectivity index (χ2v) is 5.55. The first kappa shape index (κ1) is 13.0. The molecule has 0 amide bonds. The van der Waals surface area contributed by atoms with Gasteiger partial charge in [0.25, 0.3) is 0 Å². The highest BCUT2D eigenvalue weighted by Crippen LogP contribution is 2.40. The minimum Gasteiger partial charge on any atom is -0.368 e. The van der Waals surface area contributed by atoms with E-state index in [1.165, 1.54) is 25.7 Å². The van der Waals surface area contributed by atoms with Gasteiger partial charge < -0.3 is 10.5 Å². The molecule has 2 N–H and O–H groups in total. The topological polar surface area (TPSA) is 48.1 Å². The van der Waals surface area contributed by atoms with E-state index in [0.717, 1.165) is 30.2 Å². The van der Waals surface area contributed by atoms with Crippen LogP contribution in [0.4, 0.5) is 0 Å². The van der Waals surface area contributed by atoms with Gasteiger partial charge in [0.1, 0.15) is 10.6 Å². The molecule has 0 spiro atoms. The molecule has 96 valence electrons. The molecule has 1 aromatic heterocycles. The van der Waals surface area contributed by atoms with Gasteiger partial charge in [-0.1, -0.05) is 25.7 Å². The van der Waals surface area contributed by atoms with Crippen molar-refractivity contribution in [3.05, 3.63) is 16.1 Å². The van der Waals surface area contributed by atoms with Crippen LogP contribution in [0.1, 0.15) is 56.2 Å². The minimum absolute atomic E-state index is 0.122. The summed E-state index contributed by atoms with van der Waals surface area (Å²) in [6, 6.07) is 0. The van der Waals surface area contributed by atoms with Gasteiger partial charge >= 0.3 is 0 Å². The Hall–Kier alpha value is -0.450. The number of rotatable bonds is 4. The van der Waals surface area contributed by atoms with E-state index in [1.54, 1.807) is 11.3 Å². The molecule has 0 bridgehead atoms. The van der Waals surface area contributed by atoms with Crippen molar-refractivity contribution in [3.8, 4) is 0 Å². The summed E-state index contributed by atoms with van der Waals surface area (Å²) in [7, 11) is 0. The quantitative estimate of drug-likeness (QED) is 0.839. The molecule has 1 saturated carbocycles. The van der Waals surface area contributed by atoms with Gasteiger partial charge in [0, 0.05) is 18.5 Å². The Morgan fingerprint density at radius 3 is 2.59 bits per heavy atom. The predicted octanol–water partition coefficient (Wildman–Crippen LogP) is 3.19. The van der Waals surface area contributed by atoms with Crippen molar-refractivity contribution in [2.45, 2.75) is 57.6 Å². The van der Waals surface area contributed by atoms with E-state index in [9.17, 15) is 0 Å². The Balaban J connectivity index is 2.24. The van der Waals surface area contributed by atoms with E-state index in [2.05, 4.69) is 17.3 Å². The summed E-state index contributed by atoms with van der Waals surface area (Å²) < 4.78 is 6.10. The van der Waals surface area contributed by atoms with E-state index < -0.39 is 0 Å². The fraction of sp³-hybridized carbons (Fsp3) is 0.769. The number of nitrogens with two attached hydrogens (primary N) is 1. The average molecular weight is 254 g/mol. The largest absolute Gasteiger partial charge is 0.368 e. The number of hydrogen-bond donors (Lipinski definition) is 1. The van der Waals surface area contributed by atoms with Crippen molar-refractivity contribution in [2.24, 2.45) is 5.73 Å². The zero-order valence-corrected chi connectivity index (χ0v) is 11.4. The van der Waals surface area contributed by atoms with Gasteiger partial charge in [-0.15, -0.1) is 11.3 Å². The molecule has 0 aromatic carbocycles. The van der Waals surface area contributed by atoms with E-state index in [1.807, 2.05) is 0 Å². The smallest absolute Gasteiger partial charge is 0.125 e. The summed E-state index contributed by atoms with van der Waals surface area (Å²) in [5.41, 5.74) is 6.52. The van der Waals surface area contributed by atoms with Crippen LogP contribution in [0, 0.1) is 0 Å². The maximum atomic E-state index is 6.10. The number of aromatic nitrogens is 1. The van der Waals surface area contributed by atoms with Gasteiger partial charge in [0.15, 0.2) is 0 Å². The van der Waals surface area contributed by atoms with Crippen molar-refractivity contribution in [1.29, 1.82) is 0 Å². The summed E-state index contributed by atoms with van der Waals surface area (Å²) in [6.45, 7) is 3.36. The highest BCUT2D eigenvalue weighted by molar-refractivity contribution is 7.09. The SMILES string of the molecule is CCOC1(c2nc(CN)cs2)CCCCCC1. The van der Waals surface area contributed by atoms with Crippen molar-refractivity contribution in [3.63, 3.8) is 0 Å². The number of ether oxygens (including phenoxy) is 1. The Morgan fingerprint density at radius 1 is 1.35 bits per heavy atom. The van der Waals surface area contributed by atoms with Gasteiger partial charge in [-0.3, -0.25) is 0 Å². The molecule has 1 aromatic rings. The molecule has 0 aliphatic heterocycles. The Kier molecular flexibility index (Phi) is 4.54. The molecular formula is C13H22N2OS. The zero-order chi connectivity index (χ0) is 12.1. The monoisotopic (exact) mass is 254 g/mol. The molecule has 0 radical (unpaired) electrons. The lowest BCUT2D eigenvalue weighted by atomic mass is 9.95. The van der Waals surface area contributed by atoms with Gasteiger partial charge in [-0.2, -0.15) is 0 Å².